The van der Waals surface area contributed by atoms with Crippen LogP contribution in [-0.2, 0) is 19.6 Å². The van der Waals surface area contributed by atoms with E-state index in [0.717, 1.165) is 17.9 Å². The molecule has 2 heterocycles. The van der Waals surface area contributed by atoms with Gasteiger partial charge >= 0.3 is 0 Å². The second kappa shape index (κ2) is 6.65. The Hall–Kier alpha value is -1.69. The number of halogens is 1. The summed E-state index contributed by atoms with van der Waals surface area (Å²) < 4.78 is 15.8. The van der Waals surface area contributed by atoms with Gasteiger partial charge in [0.05, 0.1) is 17.9 Å². The fourth-order valence-corrected chi connectivity index (χ4v) is 1.99. The van der Waals surface area contributed by atoms with Crippen LogP contribution >= 0.6 is 0 Å². The predicted molar refractivity (Wildman–Crippen MR) is 76.1 cm³/mol. The highest BCUT2D eigenvalue weighted by molar-refractivity contribution is 5.15. The number of hydrogen-bond acceptors (Lipinski definition) is 3. The highest BCUT2D eigenvalue weighted by Gasteiger charge is 2.07. The van der Waals surface area contributed by atoms with Crippen LogP contribution in [0.25, 0.3) is 0 Å². The van der Waals surface area contributed by atoms with Crippen molar-refractivity contribution in [3.05, 3.63) is 35.4 Å². The largest absolute Gasteiger partial charge is 0.307 e. The van der Waals surface area contributed by atoms with Crippen LogP contribution in [0.4, 0.5) is 4.39 Å². The van der Waals surface area contributed by atoms with Crippen LogP contribution in [0.5, 0.6) is 0 Å². The van der Waals surface area contributed by atoms with E-state index in [1.54, 1.807) is 10.9 Å². The Labute approximate surface area is 118 Å². The SMILES string of the molecule is Cc1nn(C(C)C)cc1CNCc1ccn(CCF)n1. The quantitative estimate of drug-likeness (QED) is 0.845. The molecule has 0 aliphatic carbocycles. The minimum atomic E-state index is -0.387. The lowest BCUT2D eigenvalue weighted by Crippen LogP contribution is -2.14. The van der Waals surface area contributed by atoms with Crippen LogP contribution in [0.1, 0.15) is 36.8 Å². The van der Waals surface area contributed by atoms with Gasteiger partial charge < -0.3 is 5.32 Å². The molecule has 1 N–H and O–H groups in total. The zero-order valence-corrected chi connectivity index (χ0v) is 12.3. The molecule has 0 aromatic carbocycles. The van der Waals surface area contributed by atoms with Gasteiger partial charge in [0.2, 0.25) is 0 Å². The molecule has 0 spiro atoms. The molecular weight excluding hydrogens is 257 g/mol. The number of alkyl halides is 1. The Balaban J connectivity index is 1.85. The third-order valence-electron chi connectivity index (χ3n) is 3.18. The fourth-order valence-electron chi connectivity index (χ4n) is 1.99. The molecule has 5 nitrogen and oxygen atoms in total. The summed E-state index contributed by atoms with van der Waals surface area (Å²) in [4.78, 5) is 0. The molecule has 0 bridgehead atoms. The Morgan fingerprint density at radius 2 is 2.10 bits per heavy atom. The van der Waals surface area contributed by atoms with Gasteiger partial charge in [-0.15, -0.1) is 0 Å². The van der Waals surface area contributed by atoms with Crippen LogP contribution in [-0.4, -0.2) is 26.2 Å². The second-order valence-electron chi connectivity index (χ2n) is 5.18. The maximum absolute atomic E-state index is 12.2. The van der Waals surface area contributed by atoms with Crippen molar-refractivity contribution in [3.8, 4) is 0 Å². The third kappa shape index (κ3) is 3.66. The van der Waals surface area contributed by atoms with Gasteiger partial charge in [0.25, 0.3) is 0 Å². The third-order valence-corrected chi connectivity index (χ3v) is 3.18. The van der Waals surface area contributed by atoms with Gasteiger partial charge in [0, 0.05) is 37.1 Å². The van der Waals surface area contributed by atoms with E-state index in [4.69, 9.17) is 0 Å². The van der Waals surface area contributed by atoms with Gasteiger partial charge in [0.15, 0.2) is 0 Å². The number of nitrogens with one attached hydrogen (secondary N) is 1. The van der Waals surface area contributed by atoms with Crippen molar-refractivity contribution in [1.29, 1.82) is 0 Å². The zero-order chi connectivity index (χ0) is 14.5. The predicted octanol–water partition coefficient (Wildman–Crippen LogP) is 2.23. The Morgan fingerprint density at radius 3 is 2.75 bits per heavy atom. The van der Waals surface area contributed by atoms with Crippen LogP contribution < -0.4 is 5.32 Å². The first kappa shape index (κ1) is 14.7. The maximum atomic E-state index is 12.2. The van der Waals surface area contributed by atoms with E-state index in [1.165, 1.54) is 5.56 Å². The summed E-state index contributed by atoms with van der Waals surface area (Å²) in [5, 5.41) is 12.1. The molecule has 0 unspecified atom stereocenters. The standard InChI is InChI=1S/C14H22FN5/c1-11(2)20-10-13(12(3)17-20)8-16-9-14-4-6-19(18-14)7-5-15/h4,6,10-11,16H,5,7-9H2,1-3H3. The lowest BCUT2D eigenvalue weighted by molar-refractivity contribution is 0.425. The lowest BCUT2D eigenvalue weighted by Gasteiger charge is -2.03. The zero-order valence-electron chi connectivity index (χ0n) is 12.3. The van der Waals surface area contributed by atoms with Crippen molar-refractivity contribution < 1.29 is 4.39 Å². The summed E-state index contributed by atoms with van der Waals surface area (Å²) in [5.41, 5.74) is 3.17. The first-order chi connectivity index (χ1) is 9.60. The van der Waals surface area contributed by atoms with Crippen molar-refractivity contribution in [2.75, 3.05) is 6.67 Å². The molecule has 0 aliphatic heterocycles. The van der Waals surface area contributed by atoms with Crippen molar-refractivity contribution in [3.63, 3.8) is 0 Å². The van der Waals surface area contributed by atoms with Crippen LogP contribution in [0.2, 0.25) is 0 Å². The van der Waals surface area contributed by atoms with Gasteiger partial charge in [-0.2, -0.15) is 10.2 Å². The lowest BCUT2D eigenvalue weighted by atomic mass is 10.2. The average Bonchev–Trinajstić information content (AvgIpc) is 2.98. The minimum absolute atomic E-state index is 0.320. The van der Waals surface area contributed by atoms with Gasteiger partial charge in [0.1, 0.15) is 6.67 Å². The van der Waals surface area contributed by atoms with Gasteiger partial charge in [-0.25, -0.2) is 4.39 Å². The molecule has 0 amide bonds. The average molecular weight is 279 g/mol. The Morgan fingerprint density at radius 1 is 1.30 bits per heavy atom. The molecule has 0 fully saturated rings. The number of hydrogen-bond donors (Lipinski definition) is 1. The van der Waals surface area contributed by atoms with E-state index in [1.807, 2.05) is 17.7 Å². The number of nitrogens with zero attached hydrogens (tertiary/aromatic N) is 4. The van der Waals surface area contributed by atoms with Crippen LogP contribution in [0.3, 0.4) is 0 Å². The monoisotopic (exact) mass is 279 g/mol. The molecule has 0 radical (unpaired) electrons. The molecule has 2 aromatic rings. The molecule has 20 heavy (non-hydrogen) atoms. The van der Waals surface area contributed by atoms with Crippen molar-refractivity contribution in [2.45, 2.75) is 46.4 Å². The first-order valence-corrected chi connectivity index (χ1v) is 6.93. The molecule has 0 aliphatic rings. The van der Waals surface area contributed by atoms with Crippen molar-refractivity contribution in [1.82, 2.24) is 24.9 Å². The summed E-state index contributed by atoms with van der Waals surface area (Å²) in [6.45, 7) is 7.61. The molecule has 2 aromatic heterocycles. The number of aryl methyl sites for hydroxylation is 2. The summed E-state index contributed by atoms with van der Waals surface area (Å²) in [6.07, 6.45) is 3.88. The van der Waals surface area contributed by atoms with E-state index >= 15 is 0 Å². The van der Waals surface area contributed by atoms with Gasteiger partial charge in [-0.1, -0.05) is 0 Å². The fraction of sp³-hybridized carbons (Fsp3) is 0.571. The van der Waals surface area contributed by atoms with Crippen LogP contribution in [0, 0.1) is 6.92 Å². The normalized spacial score (nSPS) is 11.4. The van der Waals surface area contributed by atoms with E-state index in [9.17, 15) is 4.39 Å². The summed E-state index contributed by atoms with van der Waals surface area (Å²) in [6, 6.07) is 2.28. The summed E-state index contributed by atoms with van der Waals surface area (Å²) in [5.74, 6) is 0. The molecule has 2 rings (SSSR count). The van der Waals surface area contributed by atoms with E-state index in [0.29, 0.717) is 19.1 Å². The molecule has 6 heteroatoms. The van der Waals surface area contributed by atoms with E-state index in [2.05, 4.69) is 35.6 Å². The maximum Gasteiger partial charge on any atom is 0.109 e. The summed E-state index contributed by atoms with van der Waals surface area (Å²) >= 11 is 0. The van der Waals surface area contributed by atoms with Gasteiger partial charge in [-0.3, -0.25) is 9.36 Å². The smallest absolute Gasteiger partial charge is 0.109 e. The van der Waals surface area contributed by atoms with Crippen molar-refractivity contribution >= 4 is 0 Å². The Bertz CT molecular complexity index is 544. The minimum Gasteiger partial charge on any atom is -0.307 e. The Kier molecular flexibility index (Phi) is 4.89. The molecule has 0 saturated carbocycles. The first-order valence-electron chi connectivity index (χ1n) is 6.93. The van der Waals surface area contributed by atoms with Gasteiger partial charge in [-0.05, 0) is 26.8 Å². The summed E-state index contributed by atoms with van der Waals surface area (Å²) in [7, 11) is 0. The van der Waals surface area contributed by atoms with E-state index in [-0.39, 0.29) is 6.67 Å². The molecule has 0 saturated heterocycles. The molecule has 0 atom stereocenters. The van der Waals surface area contributed by atoms with Crippen molar-refractivity contribution in [2.24, 2.45) is 0 Å². The molecular formula is C14H22FN5. The van der Waals surface area contributed by atoms with Crippen LogP contribution in [0.15, 0.2) is 18.5 Å². The highest BCUT2D eigenvalue weighted by atomic mass is 19.1. The second-order valence-corrected chi connectivity index (χ2v) is 5.18. The molecule has 110 valence electrons. The van der Waals surface area contributed by atoms with E-state index < -0.39 is 0 Å². The highest BCUT2D eigenvalue weighted by Crippen LogP contribution is 2.10. The topological polar surface area (TPSA) is 47.7 Å². The number of rotatable bonds is 7. The number of aromatic nitrogens is 4.